The average molecular weight is 255 g/mol. The number of hydrogen-bond acceptors (Lipinski definition) is 2. The Balaban J connectivity index is 2.63. The fourth-order valence-corrected chi connectivity index (χ4v) is 1.97. The molecule has 94 valence electrons. The molecular weight excluding hydrogens is 236 g/mol. The van der Waals surface area contributed by atoms with Crippen LogP contribution < -0.4 is 11.1 Å². The largest absolute Gasteiger partial charge is 0.348 e. The van der Waals surface area contributed by atoms with Gasteiger partial charge in [-0.3, -0.25) is 4.79 Å². The first kappa shape index (κ1) is 14.0. The van der Waals surface area contributed by atoms with Gasteiger partial charge < -0.3 is 11.1 Å². The van der Waals surface area contributed by atoms with Gasteiger partial charge in [-0.2, -0.15) is 0 Å². The zero-order chi connectivity index (χ0) is 12.8. The average Bonchev–Trinajstić information content (AvgIpc) is 2.29. The van der Waals surface area contributed by atoms with Gasteiger partial charge in [-0.05, 0) is 25.0 Å². The van der Waals surface area contributed by atoms with E-state index in [4.69, 9.17) is 17.3 Å². The van der Waals surface area contributed by atoms with E-state index in [2.05, 4.69) is 5.32 Å². The number of amides is 1. The van der Waals surface area contributed by atoms with Gasteiger partial charge in [-0.15, -0.1) is 0 Å². The van der Waals surface area contributed by atoms with Crippen LogP contribution >= 0.6 is 11.6 Å². The van der Waals surface area contributed by atoms with Gasteiger partial charge in [0.2, 0.25) is 5.91 Å². The topological polar surface area (TPSA) is 55.1 Å². The molecule has 1 aromatic carbocycles. The smallest absolute Gasteiger partial charge is 0.237 e. The van der Waals surface area contributed by atoms with Crippen molar-refractivity contribution in [3.8, 4) is 0 Å². The van der Waals surface area contributed by atoms with Crippen molar-refractivity contribution < 1.29 is 4.79 Å². The lowest BCUT2D eigenvalue weighted by Gasteiger charge is -2.18. The van der Waals surface area contributed by atoms with Crippen molar-refractivity contribution in [2.24, 2.45) is 5.73 Å². The standard InChI is InChI=1S/C13H19ClN2O/c1-3-6-12(15)13(17)16-9(2)10-7-4-5-8-11(10)14/h4-5,7-9,12H,3,6,15H2,1-2H3,(H,16,17)/t9?,12-/m0/s1. The lowest BCUT2D eigenvalue weighted by Crippen LogP contribution is -2.41. The Labute approximate surface area is 107 Å². The van der Waals surface area contributed by atoms with Gasteiger partial charge in [-0.1, -0.05) is 43.1 Å². The van der Waals surface area contributed by atoms with Crippen molar-refractivity contribution in [3.63, 3.8) is 0 Å². The number of nitrogens with two attached hydrogens (primary N) is 1. The summed E-state index contributed by atoms with van der Waals surface area (Å²) in [5.74, 6) is -0.126. The number of nitrogens with one attached hydrogen (secondary N) is 1. The van der Waals surface area contributed by atoms with Crippen LogP contribution in [-0.4, -0.2) is 11.9 Å². The molecule has 1 aromatic rings. The highest BCUT2D eigenvalue weighted by atomic mass is 35.5. The van der Waals surface area contributed by atoms with Crippen LogP contribution in [0, 0.1) is 0 Å². The van der Waals surface area contributed by atoms with Crippen LogP contribution in [0.1, 0.15) is 38.3 Å². The Kier molecular flexibility index (Phi) is 5.45. The van der Waals surface area contributed by atoms with Gasteiger partial charge in [0.1, 0.15) is 0 Å². The van der Waals surface area contributed by atoms with E-state index in [-0.39, 0.29) is 11.9 Å². The van der Waals surface area contributed by atoms with Crippen molar-refractivity contribution in [2.75, 3.05) is 0 Å². The second-order valence-electron chi connectivity index (χ2n) is 4.15. The maximum atomic E-state index is 11.7. The summed E-state index contributed by atoms with van der Waals surface area (Å²) in [6.07, 6.45) is 1.59. The SMILES string of the molecule is CCC[C@H](N)C(=O)NC(C)c1ccccc1Cl. The molecule has 0 radical (unpaired) electrons. The van der Waals surface area contributed by atoms with Crippen molar-refractivity contribution >= 4 is 17.5 Å². The number of hydrogen-bond donors (Lipinski definition) is 2. The Bertz CT molecular complexity index is 381. The molecule has 3 nitrogen and oxygen atoms in total. The molecule has 0 aliphatic carbocycles. The molecule has 0 aromatic heterocycles. The lowest BCUT2D eigenvalue weighted by atomic mass is 10.1. The summed E-state index contributed by atoms with van der Waals surface area (Å²) >= 11 is 6.06. The van der Waals surface area contributed by atoms with Crippen LogP contribution in [0.15, 0.2) is 24.3 Å². The number of carbonyl (C=O) groups is 1. The minimum absolute atomic E-state index is 0.126. The number of halogens is 1. The van der Waals surface area contributed by atoms with E-state index in [1.54, 1.807) is 0 Å². The van der Waals surface area contributed by atoms with Crippen molar-refractivity contribution in [2.45, 2.75) is 38.8 Å². The summed E-state index contributed by atoms with van der Waals surface area (Å²) in [6, 6.07) is 6.91. The second kappa shape index (κ2) is 6.62. The summed E-state index contributed by atoms with van der Waals surface area (Å²) in [5.41, 5.74) is 6.66. The Morgan fingerprint density at radius 3 is 2.71 bits per heavy atom. The van der Waals surface area contributed by atoms with Crippen LogP contribution in [-0.2, 0) is 4.79 Å². The van der Waals surface area contributed by atoms with Crippen LogP contribution in [0.5, 0.6) is 0 Å². The third-order valence-electron chi connectivity index (χ3n) is 2.67. The fraction of sp³-hybridized carbons (Fsp3) is 0.462. The van der Waals surface area contributed by atoms with Crippen LogP contribution in [0.4, 0.5) is 0 Å². The predicted octanol–water partition coefficient (Wildman–Crippen LogP) is 2.64. The molecule has 17 heavy (non-hydrogen) atoms. The summed E-state index contributed by atoms with van der Waals surface area (Å²) in [5, 5.41) is 3.53. The molecule has 1 amide bonds. The molecule has 0 heterocycles. The van der Waals surface area contributed by atoms with Crippen molar-refractivity contribution in [1.29, 1.82) is 0 Å². The molecule has 0 aliphatic rings. The molecule has 0 aliphatic heterocycles. The van der Waals surface area contributed by atoms with E-state index in [1.807, 2.05) is 38.1 Å². The molecule has 0 fully saturated rings. The first-order valence-electron chi connectivity index (χ1n) is 5.86. The van der Waals surface area contributed by atoms with Gasteiger partial charge in [0, 0.05) is 5.02 Å². The third kappa shape index (κ3) is 4.02. The molecule has 2 atom stereocenters. The summed E-state index contributed by atoms with van der Waals surface area (Å²) in [6.45, 7) is 3.91. The van der Waals surface area contributed by atoms with Crippen molar-refractivity contribution in [1.82, 2.24) is 5.32 Å². The molecule has 0 bridgehead atoms. The van der Waals surface area contributed by atoms with Gasteiger partial charge in [0.25, 0.3) is 0 Å². The molecule has 0 saturated carbocycles. The molecular formula is C13H19ClN2O. The summed E-state index contributed by atoms with van der Waals surface area (Å²) in [7, 11) is 0. The van der Waals surface area contributed by atoms with E-state index >= 15 is 0 Å². The molecule has 1 rings (SSSR count). The summed E-state index contributed by atoms with van der Waals surface area (Å²) in [4.78, 5) is 11.7. The Morgan fingerprint density at radius 2 is 2.12 bits per heavy atom. The highest BCUT2D eigenvalue weighted by Crippen LogP contribution is 2.22. The normalized spacial score (nSPS) is 14.1. The highest BCUT2D eigenvalue weighted by Gasteiger charge is 2.16. The molecule has 1 unspecified atom stereocenters. The van der Waals surface area contributed by atoms with E-state index in [9.17, 15) is 4.79 Å². The molecule has 0 saturated heterocycles. The zero-order valence-electron chi connectivity index (χ0n) is 10.2. The number of benzene rings is 1. The van der Waals surface area contributed by atoms with Crippen LogP contribution in [0.25, 0.3) is 0 Å². The number of rotatable bonds is 5. The van der Waals surface area contributed by atoms with Crippen LogP contribution in [0.3, 0.4) is 0 Å². The quantitative estimate of drug-likeness (QED) is 0.849. The van der Waals surface area contributed by atoms with E-state index < -0.39 is 6.04 Å². The van der Waals surface area contributed by atoms with Crippen LogP contribution in [0.2, 0.25) is 5.02 Å². The Morgan fingerprint density at radius 1 is 1.47 bits per heavy atom. The van der Waals surface area contributed by atoms with Gasteiger partial charge in [-0.25, -0.2) is 0 Å². The summed E-state index contributed by atoms with van der Waals surface area (Å²) < 4.78 is 0. The third-order valence-corrected chi connectivity index (χ3v) is 3.01. The van der Waals surface area contributed by atoms with E-state index in [0.717, 1.165) is 12.0 Å². The minimum atomic E-state index is -0.440. The first-order valence-corrected chi connectivity index (χ1v) is 6.24. The maximum absolute atomic E-state index is 11.7. The maximum Gasteiger partial charge on any atom is 0.237 e. The second-order valence-corrected chi connectivity index (χ2v) is 4.55. The molecule has 0 spiro atoms. The van der Waals surface area contributed by atoms with Gasteiger partial charge in [0.15, 0.2) is 0 Å². The minimum Gasteiger partial charge on any atom is -0.348 e. The molecule has 4 heteroatoms. The lowest BCUT2D eigenvalue weighted by molar-refractivity contribution is -0.123. The Hall–Kier alpha value is -1.06. The highest BCUT2D eigenvalue weighted by molar-refractivity contribution is 6.31. The van der Waals surface area contributed by atoms with Crippen molar-refractivity contribution in [3.05, 3.63) is 34.9 Å². The van der Waals surface area contributed by atoms with Gasteiger partial charge >= 0.3 is 0 Å². The van der Waals surface area contributed by atoms with E-state index in [1.165, 1.54) is 0 Å². The van der Waals surface area contributed by atoms with E-state index in [0.29, 0.717) is 11.4 Å². The first-order chi connectivity index (χ1) is 8.06. The molecule has 3 N–H and O–H groups in total. The monoisotopic (exact) mass is 254 g/mol. The fourth-order valence-electron chi connectivity index (χ4n) is 1.67. The zero-order valence-corrected chi connectivity index (χ0v) is 11.0. The number of carbonyl (C=O) groups excluding carboxylic acids is 1. The van der Waals surface area contributed by atoms with Gasteiger partial charge in [0.05, 0.1) is 12.1 Å². The predicted molar refractivity (Wildman–Crippen MR) is 70.9 cm³/mol.